The molecular formula is C20H15FN2O3. The smallest absolute Gasteiger partial charge is 0.310 e. The van der Waals surface area contributed by atoms with Crippen molar-refractivity contribution in [2.75, 3.05) is 0 Å². The fourth-order valence-electron chi connectivity index (χ4n) is 3.04. The number of phenolic OH excluding ortho intramolecular Hbond substituents is 1. The number of amides is 1. The van der Waals surface area contributed by atoms with E-state index in [9.17, 15) is 14.3 Å². The summed E-state index contributed by atoms with van der Waals surface area (Å²) in [6.07, 6.45) is 1.82. The van der Waals surface area contributed by atoms with E-state index in [-0.39, 0.29) is 17.3 Å². The number of furan rings is 1. The molecule has 130 valence electrons. The molecule has 0 fully saturated rings. The maximum atomic E-state index is 13.3. The van der Waals surface area contributed by atoms with Crippen LogP contribution in [0.15, 0.2) is 76.4 Å². The fraction of sp³-hybridized carbons (Fsp3) is 0.100. The molecule has 1 aliphatic rings. The third-order valence-corrected chi connectivity index (χ3v) is 4.32. The van der Waals surface area contributed by atoms with E-state index in [1.54, 1.807) is 48.5 Å². The highest BCUT2D eigenvalue weighted by atomic mass is 19.1. The van der Waals surface area contributed by atoms with Gasteiger partial charge in [0.2, 0.25) is 0 Å². The molecule has 1 aliphatic heterocycles. The first-order valence-corrected chi connectivity index (χ1v) is 8.12. The molecule has 26 heavy (non-hydrogen) atoms. The Kier molecular flexibility index (Phi) is 4.01. The number of nitrogens with zero attached hydrogens (tertiary/aromatic N) is 2. The van der Waals surface area contributed by atoms with E-state index in [1.807, 2.05) is 0 Å². The van der Waals surface area contributed by atoms with Gasteiger partial charge in [0.15, 0.2) is 5.76 Å². The summed E-state index contributed by atoms with van der Waals surface area (Å²) in [4.78, 5) is 12.8. The Hall–Kier alpha value is -3.41. The molecule has 0 saturated carbocycles. The molecule has 0 saturated heterocycles. The highest BCUT2D eigenvalue weighted by molar-refractivity contribution is 6.06. The lowest BCUT2D eigenvalue weighted by molar-refractivity contribution is 0.0678. The second-order valence-electron chi connectivity index (χ2n) is 5.96. The van der Waals surface area contributed by atoms with Crippen LogP contribution in [0.3, 0.4) is 0 Å². The van der Waals surface area contributed by atoms with E-state index in [2.05, 4.69) is 5.10 Å². The van der Waals surface area contributed by atoms with Crippen molar-refractivity contribution < 1.29 is 18.7 Å². The summed E-state index contributed by atoms with van der Waals surface area (Å²) in [5, 5.41) is 15.9. The molecule has 4 rings (SSSR count). The predicted molar refractivity (Wildman–Crippen MR) is 93.3 cm³/mol. The van der Waals surface area contributed by atoms with Crippen LogP contribution >= 0.6 is 0 Å². The molecule has 0 bridgehead atoms. The Morgan fingerprint density at radius 1 is 1.12 bits per heavy atom. The molecule has 5 nitrogen and oxygen atoms in total. The van der Waals surface area contributed by atoms with Crippen molar-refractivity contribution >= 4 is 11.6 Å². The van der Waals surface area contributed by atoms with Gasteiger partial charge in [-0.3, -0.25) is 4.79 Å². The zero-order chi connectivity index (χ0) is 18.1. The minimum atomic E-state index is -0.414. The van der Waals surface area contributed by atoms with E-state index in [4.69, 9.17) is 4.42 Å². The summed E-state index contributed by atoms with van der Waals surface area (Å²) in [6.45, 7) is 0. The number of para-hydroxylation sites is 1. The van der Waals surface area contributed by atoms with Crippen molar-refractivity contribution in [1.29, 1.82) is 0 Å². The van der Waals surface area contributed by atoms with Crippen molar-refractivity contribution in [3.63, 3.8) is 0 Å². The van der Waals surface area contributed by atoms with Gasteiger partial charge >= 0.3 is 5.91 Å². The third kappa shape index (κ3) is 2.86. The SMILES string of the molecule is O=C(c1ccco1)N1N=C(c2ccccc2O)C[C@@H]1c1ccc(F)cc1. The summed E-state index contributed by atoms with van der Waals surface area (Å²) < 4.78 is 18.5. The maximum absolute atomic E-state index is 13.3. The van der Waals surface area contributed by atoms with E-state index in [0.29, 0.717) is 17.7 Å². The molecule has 6 heteroatoms. The van der Waals surface area contributed by atoms with Gasteiger partial charge in [-0.2, -0.15) is 5.10 Å². The maximum Gasteiger partial charge on any atom is 0.310 e. The van der Waals surface area contributed by atoms with Gasteiger partial charge in [0.05, 0.1) is 18.0 Å². The Bertz CT molecular complexity index is 965. The summed E-state index contributed by atoms with van der Waals surface area (Å²) in [7, 11) is 0. The van der Waals surface area contributed by atoms with Crippen LogP contribution < -0.4 is 0 Å². The average Bonchev–Trinajstić information content (AvgIpc) is 3.32. The van der Waals surface area contributed by atoms with Gasteiger partial charge in [-0.1, -0.05) is 24.3 Å². The van der Waals surface area contributed by atoms with Gasteiger partial charge in [-0.15, -0.1) is 0 Å². The van der Waals surface area contributed by atoms with Crippen LogP contribution in [0, 0.1) is 5.82 Å². The Morgan fingerprint density at radius 3 is 2.58 bits per heavy atom. The molecule has 2 heterocycles. The van der Waals surface area contributed by atoms with Crippen molar-refractivity contribution in [1.82, 2.24) is 5.01 Å². The largest absolute Gasteiger partial charge is 0.507 e. The van der Waals surface area contributed by atoms with Crippen LogP contribution in [-0.4, -0.2) is 21.7 Å². The standard InChI is InChI=1S/C20H15FN2O3/c21-14-9-7-13(8-10-14)17-12-16(15-4-1-2-5-18(15)24)22-23(17)20(25)19-6-3-11-26-19/h1-11,17,24H,12H2/t17-/m1/s1. The zero-order valence-corrected chi connectivity index (χ0v) is 13.7. The number of phenols is 1. The highest BCUT2D eigenvalue weighted by Gasteiger charge is 2.35. The quantitative estimate of drug-likeness (QED) is 0.773. The van der Waals surface area contributed by atoms with E-state index < -0.39 is 11.9 Å². The van der Waals surface area contributed by atoms with Crippen LogP contribution in [0.4, 0.5) is 4.39 Å². The van der Waals surface area contributed by atoms with Gasteiger partial charge in [-0.25, -0.2) is 9.40 Å². The van der Waals surface area contributed by atoms with Crippen LogP contribution in [0.1, 0.15) is 34.1 Å². The molecule has 1 aromatic heterocycles. The van der Waals surface area contributed by atoms with Crippen molar-refractivity contribution in [3.05, 3.63) is 89.6 Å². The second kappa shape index (κ2) is 6.48. The average molecular weight is 350 g/mol. The molecule has 1 N–H and O–H groups in total. The molecule has 1 atom stereocenters. The Balaban J connectivity index is 1.75. The van der Waals surface area contributed by atoms with Crippen LogP contribution in [-0.2, 0) is 0 Å². The summed E-state index contributed by atoms with van der Waals surface area (Å²) in [5.41, 5.74) is 1.90. The number of aromatic hydroxyl groups is 1. The fourth-order valence-corrected chi connectivity index (χ4v) is 3.04. The number of carbonyl (C=O) groups excluding carboxylic acids is 1. The first-order chi connectivity index (χ1) is 12.6. The number of benzene rings is 2. The molecule has 0 radical (unpaired) electrons. The van der Waals surface area contributed by atoms with Gasteiger partial charge in [0.1, 0.15) is 11.6 Å². The summed E-state index contributed by atoms with van der Waals surface area (Å²) in [6, 6.07) is 15.6. The van der Waals surface area contributed by atoms with Crippen LogP contribution in [0.25, 0.3) is 0 Å². The molecule has 0 unspecified atom stereocenters. The minimum absolute atomic E-state index is 0.0939. The van der Waals surface area contributed by atoms with Crippen molar-refractivity contribution in [2.45, 2.75) is 12.5 Å². The molecule has 0 spiro atoms. The Labute approximate surface area is 149 Å². The van der Waals surface area contributed by atoms with Gasteiger partial charge < -0.3 is 9.52 Å². The van der Waals surface area contributed by atoms with Crippen LogP contribution in [0.5, 0.6) is 5.75 Å². The minimum Gasteiger partial charge on any atom is -0.507 e. The second-order valence-corrected chi connectivity index (χ2v) is 5.96. The summed E-state index contributed by atoms with van der Waals surface area (Å²) in [5.74, 6) is -0.483. The monoisotopic (exact) mass is 350 g/mol. The number of rotatable bonds is 3. The molecule has 0 aliphatic carbocycles. The van der Waals surface area contributed by atoms with E-state index in [0.717, 1.165) is 5.56 Å². The summed E-state index contributed by atoms with van der Waals surface area (Å²) >= 11 is 0. The number of carbonyl (C=O) groups is 1. The molecule has 1 amide bonds. The number of hydrazone groups is 1. The van der Waals surface area contributed by atoms with Gasteiger partial charge in [-0.05, 0) is 42.0 Å². The topological polar surface area (TPSA) is 66.0 Å². The highest BCUT2D eigenvalue weighted by Crippen LogP contribution is 2.35. The van der Waals surface area contributed by atoms with E-state index >= 15 is 0 Å². The third-order valence-electron chi connectivity index (χ3n) is 4.32. The lowest BCUT2D eigenvalue weighted by Gasteiger charge is -2.21. The van der Waals surface area contributed by atoms with Crippen molar-refractivity contribution in [2.24, 2.45) is 5.10 Å². The van der Waals surface area contributed by atoms with Crippen LogP contribution in [0.2, 0.25) is 0 Å². The Morgan fingerprint density at radius 2 is 1.88 bits per heavy atom. The van der Waals surface area contributed by atoms with Gasteiger partial charge in [0.25, 0.3) is 0 Å². The number of hydrogen-bond donors (Lipinski definition) is 1. The number of halogens is 1. The van der Waals surface area contributed by atoms with Gasteiger partial charge in [0, 0.05) is 12.0 Å². The first kappa shape index (κ1) is 16.1. The zero-order valence-electron chi connectivity index (χ0n) is 13.7. The molecule has 3 aromatic rings. The predicted octanol–water partition coefficient (Wildman–Crippen LogP) is 4.12. The lowest BCUT2D eigenvalue weighted by Crippen LogP contribution is -2.26. The first-order valence-electron chi connectivity index (χ1n) is 8.12. The lowest BCUT2D eigenvalue weighted by atomic mass is 9.98. The number of hydrogen-bond acceptors (Lipinski definition) is 4. The normalized spacial score (nSPS) is 16.6. The molecule has 2 aromatic carbocycles. The van der Waals surface area contributed by atoms with Crippen molar-refractivity contribution in [3.8, 4) is 5.75 Å². The van der Waals surface area contributed by atoms with E-state index in [1.165, 1.54) is 23.4 Å². The molecular weight excluding hydrogens is 335 g/mol.